The van der Waals surface area contributed by atoms with Crippen molar-refractivity contribution in [2.75, 3.05) is 39.8 Å². The number of benzene rings is 1. The molecule has 2 fully saturated rings. The van der Waals surface area contributed by atoms with Crippen LogP contribution < -0.4 is 10.6 Å². The summed E-state index contributed by atoms with van der Waals surface area (Å²) < 4.78 is 0. The number of carbonyl (C=O) groups is 1. The molecular formula is C21H33N5O. The minimum Gasteiger partial charge on any atom is -0.356 e. The number of aliphatic imine (C=N–C) groups is 1. The maximum absolute atomic E-state index is 12.1. The Morgan fingerprint density at radius 2 is 1.81 bits per heavy atom. The lowest BCUT2D eigenvalue weighted by atomic mass is 10.2. The third kappa shape index (κ3) is 6.24. The number of rotatable bonds is 6. The van der Waals surface area contributed by atoms with Crippen molar-refractivity contribution < 1.29 is 4.79 Å². The van der Waals surface area contributed by atoms with Crippen molar-refractivity contribution in [2.45, 2.75) is 44.7 Å². The fraction of sp³-hybridized carbons (Fsp3) is 0.619. The Labute approximate surface area is 163 Å². The summed E-state index contributed by atoms with van der Waals surface area (Å²) in [5.74, 6) is 1.06. The molecule has 6 heteroatoms. The van der Waals surface area contributed by atoms with Gasteiger partial charge in [-0.3, -0.25) is 14.7 Å². The van der Waals surface area contributed by atoms with Gasteiger partial charge >= 0.3 is 0 Å². The van der Waals surface area contributed by atoms with Crippen LogP contribution in [-0.2, 0) is 11.3 Å². The molecule has 148 valence electrons. The van der Waals surface area contributed by atoms with Gasteiger partial charge in [-0.15, -0.1) is 0 Å². The lowest BCUT2D eigenvalue weighted by Gasteiger charge is -2.36. The highest BCUT2D eigenvalue weighted by Gasteiger charge is 2.20. The molecule has 2 aliphatic rings. The first-order valence-electron chi connectivity index (χ1n) is 10.3. The second-order valence-corrected chi connectivity index (χ2v) is 7.52. The topological polar surface area (TPSA) is 60.0 Å². The maximum atomic E-state index is 12.1. The van der Waals surface area contributed by atoms with Crippen molar-refractivity contribution in [3.63, 3.8) is 0 Å². The largest absolute Gasteiger partial charge is 0.356 e. The molecule has 6 nitrogen and oxygen atoms in total. The first-order chi connectivity index (χ1) is 13.2. The summed E-state index contributed by atoms with van der Waals surface area (Å²) in [5, 5.41) is 6.50. The van der Waals surface area contributed by atoms with Crippen LogP contribution in [0, 0.1) is 0 Å². The third-order valence-electron chi connectivity index (χ3n) is 5.49. The molecule has 0 radical (unpaired) electrons. The van der Waals surface area contributed by atoms with Crippen LogP contribution in [-0.4, -0.2) is 67.5 Å². The summed E-state index contributed by atoms with van der Waals surface area (Å²) in [6, 6.07) is 11.0. The number of amides is 1. The summed E-state index contributed by atoms with van der Waals surface area (Å²) in [6.45, 7) is 5.61. The zero-order valence-corrected chi connectivity index (χ0v) is 16.5. The second kappa shape index (κ2) is 10.3. The van der Waals surface area contributed by atoms with E-state index in [1.165, 1.54) is 18.4 Å². The standard InChI is InChI=1S/C21H33N5O/c1-22-21(23-12-11-20(27)24-19-9-5-6-10-19)26-15-13-25(14-16-26)17-18-7-3-2-4-8-18/h2-4,7-8,19H,5-6,9-17H2,1H3,(H,22,23)(H,24,27). The summed E-state index contributed by atoms with van der Waals surface area (Å²) >= 11 is 0. The van der Waals surface area contributed by atoms with Gasteiger partial charge in [0.1, 0.15) is 0 Å². The Morgan fingerprint density at radius 3 is 2.48 bits per heavy atom. The molecule has 1 saturated heterocycles. The highest BCUT2D eigenvalue weighted by atomic mass is 16.1. The van der Waals surface area contributed by atoms with Crippen LogP contribution in [0.5, 0.6) is 0 Å². The van der Waals surface area contributed by atoms with Crippen molar-refractivity contribution in [1.82, 2.24) is 20.4 Å². The molecule has 1 aromatic rings. The Hall–Kier alpha value is -2.08. The van der Waals surface area contributed by atoms with Crippen LogP contribution in [0.15, 0.2) is 35.3 Å². The van der Waals surface area contributed by atoms with Gasteiger partial charge in [0.25, 0.3) is 0 Å². The molecule has 2 N–H and O–H groups in total. The Morgan fingerprint density at radius 1 is 1.11 bits per heavy atom. The molecule has 0 unspecified atom stereocenters. The number of hydrogen-bond acceptors (Lipinski definition) is 3. The first-order valence-corrected chi connectivity index (χ1v) is 10.3. The number of nitrogens with zero attached hydrogens (tertiary/aromatic N) is 3. The number of carbonyl (C=O) groups excluding carboxylic acids is 1. The van der Waals surface area contributed by atoms with E-state index in [0.717, 1.165) is 51.5 Å². The average Bonchev–Trinajstić information content (AvgIpc) is 3.20. The zero-order valence-electron chi connectivity index (χ0n) is 16.5. The fourth-order valence-corrected chi connectivity index (χ4v) is 3.95. The van der Waals surface area contributed by atoms with E-state index in [2.05, 4.69) is 55.8 Å². The van der Waals surface area contributed by atoms with Gasteiger partial charge in [0.15, 0.2) is 5.96 Å². The van der Waals surface area contributed by atoms with Crippen LogP contribution in [0.25, 0.3) is 0 Å². The van der Waals surface area contributed by atoms with Crippen LogP contribution in [0.1, 0.15) is 37.7 Å². The van der Waals surface area contributed by atoms with E-state index in [-0.39, 0.29) is 5.91 Å². The van der Waals surface area contributed by atoms with E-state index in [1.807, 2.05) is 7.05 Å². The molecule has 1 aliphatic carbocycles. The predicted octanol–water partition coefficient (Wildman–Crippen LogP) is 1.83. The van der Waals surface area contributed by atoms with Gasteiger partial charge in [0.05, 0.1) is 0 Å². The van der Waals surface area contributed by atoms with Crippen molar-refractivity contribution >= 4 is 11.9 Å². The van der Waals surface area contributed by atoms with Gasteiger partial charge in [-0.25, -0.2) is 0 Å². The van der Waals surface area contributed by atoms with Gasteiger partial charge in [0.2, 0.25) is 5.91 Å². The van der Waals surface area contributed by atoms with E-state index in [1.54, 1.807) is 0 Å². The Kier molecular flexibility index (Phi) is 7.51. The predicted molar refractivity (Wildman–Crippen MR) is 110 cm³/mol. The lowest BCUT2D eigenvalue weighted by Crippen LogP contribution is -2.52. The van der Waals surface area contributed by atoms with Gasteiger partial charge in [-0.05, 0) is 18.4 Å². The maximum Gasteiger partial charge on any atom is 0.221 e. The summed E-state index contributed by atoms with van der Waals surface area (Å²) in [5.41, 5.74) is 1.36. The van der Waals surface area contributed by atoms with Crippen molar-refractivity contribution in [3.8, 4) is 0 Å². The molecule has 0 spiro atoms. The van der Waals surface area contributed by atoms with E-state index < -0.39 is 0 Å². The van der Waals surface area contributed by atoms with Gasteiger partial charge in [-0.2, -0.15) is 0 Å². The SMILES string of the molecule is CN=C(NCCC(=O)NC1CCCC1)N1CCN(Cc2ccccc2)CC1. The number of piperazine rings is 1. The second-order valence-electron chi connectivity index (χ2n) is 7.52. The molecule has 1 heterocycles. The number of hydrogen-bond donors (Lipinski definition) is 2. The summed E-state index contributed by atoms with van der Waals surface area (Å²) in [7, 11) is 1.82. The molecule has 0 aromatic heterocycles. The highest BCUT2D eigenvalue weighted by Crippen LogP contribution is 2.17. The minimum absolute atomic E-state index is 0.150. The lowest BCUT2D eigenvalue weighted by molar-refractivity contribution is -0.121. The minimum atomic E-state index is 0.150. The van der Waals surface area contributed by atoms with E-state index >= 15 is 0 Å². The Bertz CT molecular complexity index is 604. The molecule has 3 rings (SSSR count). The van der Waals surface area contributed by atoms with E-state index in [9.17, 15) is 4.79 Å². The van der Waals surface area contributed by atoms with Crippen molar-refractivity contribution in [1.29, 1.82) is 0 Å². The highest BCUT2D eigenvalue weighted by molar-refractivity contribution is 5.81. The van der Waals surface area contributed by atoms with Crippen LogP contribution >= 0.6 is 0 Å². The normalized spacial score (nSPS) is 19.3. The van der Waals surface area contributed by atoms with Crippen molar-refractivity contribution in [2.24, 2.45) is 4.99 Å². The molecule has 0 bridgehead atoms. The molecule has 1 saturated carbocycles. The summed E-state index contributed by atoms with van der Waals surface area (Å²) in [6.07, 6.45) is 5.25. The fourth-order valence-electron chi connectivity index (χ4n) is 3.95. The van der Waals surface area contributed by atoms with Gasteiger partial charge in [-0.1, -0.05) is 43.2 Å². The van der Waals surface area contributed by atoms with Crippen LogP contribution in [0.4, 0.5) is 0 Å². The monoisotopic (exact) mass is 371 g/mol. The molecule has 27 heavy (non-hydrogen) atoms. The first kappa shape index (κ1) is 19.7. The van der Waals surface area contributed by atoms with Gasteiger partial charge < -0.3 is 15.5 Å². The summed E-state index contributed by atoms with van der Waals surface area (Å²) in [4.78, 5) is 21.2. The zero-order chi connectivity index (χ0) is 18.9. The Balaban J connectivity index is 1.35. The molecule has 1 aliphatic heterocycles. The van der Waals surface area contributed by atoms with E-state index in [0.29, 0.717) is 19.0 Å². The van der Waals surface area contributed by atoms with Crippen molar-refractivity contribution in [3.05, 3.63) is 35.9 Å². The number of nitrogens with one attached hydrogen (secondary N) is 2. The number of guanidine groups is 1. The molecular weight excluding hydrogens is 338 g/mol. The third-order valence-corrected chi connectivity index (χ3v) is 5.49. The molecule has 1 aromatic carbocycles. The molecule has 1 amide bonds. The van der Waals surface area contributed by atoms with Crippen LogP contribution in [0.2, 0.25) is 0 Å². The quantitative estimate of drug-likeness (QED) is 0.592. The van der Waals surface area contributed by atoms with Gasteiger partial charge in [0, 0.05) is 58.8 Å². The smallest absolute Gasteiger partial charge is 0.221 e. The molecule has 0 atom stereocenters. The average molecular weight is 372 g/mol. The van der Waals surface area contributed by atoms with E-state index in [4.69, 9.17) is 0 Å². The van der Waals surface area contributed by atoms with Crippen LogP contribution in [0.3, 0.4) is 0 Å².